The van der Waals surface area contributed by atoms with Crippen LogP contribution in [0.25, 0.3) is 0 Å². The van der Waals surface area contributed by atoms with Gasteiger partial charge < -0.3 is 21.3 Å². The number of benzene rings is 1. The molecule has 0 saturated carbocycles. The summed E-state index contributed by atoms with van der Waals surface area (Å²) in [5.74, 6) is 0.661. The van der Waals surface area contributed by atoms with Gasteiger partial charge in [0.1, 0.15) is 5.75 Å². The summed E-state index contributed by atoms with van der Waals surface area (Å²) >= 11 is 0. The Labute approximate surface area is 83.5 Å². The molecule has 0 aliphatic heterocycles. The van der Waals surface area contributed by atoms with Crippen LogP contribution in [0.1, 0.15) is 18.6 Å². The zero-order valence-electron chi connectivity index (χ0n) is 8.40. The number of hydrogen-bond donors (Lipinski definition) is 3. The first-order valence-corrected chi connectivity index (χ1v) is 4.43. The van der Waals surface area contributed by atoms with Crippen LogP contribution < -0.4 is 16.2 Å². The Kier molecular flexibility index (Phi) is 3.33. The van der Waals surface area contributed by atoms with Crippen molar-refractivity contribution in [2.24, 2.45) is 5.73 Å². The molecule has 78 valence electrons. The summed E-state index contributed by atoms with van der Waals surface area (Å²) in [6, 6.07) is 4.78. The minimum absolute atomic E-state index is 0.357. The van der Waals surface area contributed by atoms with Crippen LogP contribution in [0.4, 0.5) is 5.69 Å². The molecule has 0 aliphatic rings. The maximum atomic E-state index is 9.74. The highest BCUT2D eigenvalue weighted by molar-refractivity contribution is 5.51. The molecule has 14 heavy (non-hydrogen) atoms. The topological polar surface area (TPSA) is 81.5 Å². The van der Waals surface area contributed by atoms with Crippen molar-refractivity contribution in [3.05, 3.63) is 23.8 Å². The number of ether oxygens (including phenoxy) is 1. The Morgan fingerprint density at radius 2 is 2.07 bits per heavy atom. The number of rotatable bonds is 3. The maximum absolute atomic E-state index is 9.74. The molecule has 0 fully saturated rings. The number of nitrogen functional groups attached to an aromatic ring is 1. The van der Waals surface area contributed by atoms with Crippen LogP contribution in [0, 0.1) is 0 Å². The molecule has 0 heterocycles. The van der Waals surface area contributed by atoms with Crippen molar-refractivity contribution in [1.29, 1.82) is 0 Å². The molecule has 4 heteroatoms. The summed E-state index contributed by atoms with van der Waals surface area (Å²) in [7, 11) is 1.56. The van der Waals surface area contributed by atoms with Crippen LogP contribution in [0.3, 0.4) is 0 Å². The van der Waals surface area contributed by atoms with Gasteiger partial charge in [0.15, 0.2) is 0 Å². The standard InChI is InChI=1S/C10H16N2O2/c1-6(11)10(13)8-5-7(14-2)3-4-9(8)12/h3-6,10,13H,11-12H2,1-2H3. The second-order valence-corrected chi connectivity index (χ2v) is 3.30. The minimum atomic E-state index is -0.759. The van der Waals surface area contributed by atoms with E-state index in [1.807, 2.05) is 0 Å². The Morgan fingerprint density at radius 3 is 2.57 bits per heavy atom. The summed E-state index contributed by atoms with van der Waals surface area (Å²) in [5, 5.41) is 9.74. The number of hydrogen-bond acceptors (Lipinski definition) is 4. The molecule has 2 atom stereocenters. The average Bonchev–Trinajstić information content (AvgIpc) is 2.17. The number of aliphatic hydroxyl groups excluding tert-OH is 1. The molecule has 0 aromatic heterocycles. The molecule has 0 amide bonds. The van der Waals surface area contributed by atoms with E-state index in [4.69, 9.17) is 16.2 Å². The van der Waals surface area contributed by atoms with Crippen LogP contribution >= 0.6 is 0 Å². The Morgan fingerprint density at radius 1 is 1.43 bits per heavy atom. The first kappa shape index (κ1) is 10.8. The van der Waals surface area contributed by atoms with Crippen LogP contribution in [0.15, 0.2) is 18.2 Å². The van der Waals surface area contributed by atoms with E-state index in [0.717, 1.165) is 0 Å². The molecule has 1 aromatic rings. The maximum Gasteiger partial charge on any atom is 0.119 e. The zero-order valence-corrected chi connectivity index (χ0v) is 8.40. The predicted octanol–water partition coefficient (Wildman–Crippen LogP) is 0.658. The van der Waals surface area contributed by atoms with E-state index in [9.17, 15) is 5.11 Å². The Balaban J connectivity index is 3.05. The number of aliphatic hydroxyl groups is 1. The second-order valence-electron chi connectivity index (χ2n) is 3.30. The molecule has 4 nitrogen and oxygen atoms in total. The van der Waals surface area contributed by atoms with E-state index in [1.54, 1.807) is 32.2 Å². The normalized spacial score (nSPS) is 14.9. The lowest BCUT2D eigenvalue weighted by atomic mass is 10.0. The number of methoxy groups -OCH3 is 1. The lowest BCUT2D eigenvalue weighted by Gasteiger charge is -2.17. The van der Waals surface area contributed by atoms with Crippen molar-refractivity contribution in [1.82, 2.24) is 0 Å². The van der Waals surface area contributed by atoms with Gasteiger partial charge in [-0.2, -0.15) is 0 Å². The van der Waals surface area contributed by atoms with Gasteiger partial charge in [0.2, 0.25) is 0 Å². The summed E-state index contributed by atoms with van der Waals surface area (Å²) < 4.78 is 5.03. The number of nitrogens with two attached hydrogens (primary N) is 2. The van der Waals surface area contributed by atoms with Crippen LogP contribution in [0.5, 0.6) is 5.75 Å². The Hall–Kier alpha value is -1.26. The second kappa shape index (κ2) is 4.30. The summed E-state index contributed by atoms with van der Waals surface area (Å²) in [6.45, 7) is 1.73. The summed E-state index contributed by atoms with van der Waals surface area (Å²) in [6.07, 6.45) is -0.759. The molecule has 1 aromatic carbocycles. The first-order valence-electron chi connectivity index (χ1n) is 4.43. The third-order valence-electron chi connectivity index (χ3n) is 2.11. The molecule has 2 unspecified atom stereocenters. The monoisotopic (exact) mass is 196 g/mol. The van der Waals surface area contributed by atoms with Crippen molar-refractivity contribution < 1.29 is 9.84 Å². The zero-order chi connectivity index (χ0) is 10.7. The molecular formula is C10H16N2O2. The molecule has 0 saturated heterocycles. The van der Waals surface area contributed by atoms with Crippen LogP contribution in [-0.4, -0.2) is 18.3 Å². The lowest BCUT2D eigenvalue weighted by Crippen LogP contribution is -2.25. The quantitative estimate of drug-likeness (QED) is 0.620. The van der Waals surface area contributed by atoms with E-state index >= 15 is 0 Å². The smallest absolute Gasteiger partial charge is 0.119 e. The molecule has 1 rings (SSSR count). The van der Waals surface area contributed by atoms with Gasteiger partial charge in [0, 0.05) is 17.3 Å². The van der Waals surface area contributed by atoms with Gasteiger partial charge in [0.25, 0.3) is 0 Å². The van der Waals surface area contributed by atoms with Gasteiger partial charge in [-0.15, -0.1) is 0 Å². The fourth-order valence-electron chi connectivity index (χ4n) is 1.22. The van der Waals surface area contributed by atoms with E-state index in [0.29, 0.717) is 17.0 Å². The van der Waals surface area contributed by atoms with Gasteiger partial charge >= 0.3 is 0 Å². The van der Waals surface area contributed by atoms with Crippen LogP contribution in [0.2, 0.25) is 0 Å². The predicted molar refractivity (Wildman–Crippen MR) is 56.0 cm³/mol. The Bertz CT molecular complexity index is 313. The van der Waals surface area contributed by atoms with Crippen LogP contribution in [-0.2, 0) is 0 Å². The largest absolute Gasteiger partial charge is 0.497 e. The highest BCUT2D eigenvalue weighted by atomic mass is 16.5. The van der Waals surface area contributed by atoms with Crippen molar-refractivity contribution in [2.75, 3.05) is 12.8 Å². The van der Waals surface area contributed by atoms with E-state index in [1.165, 1.54) is 0 Å². The molecule has 0 spiro atoms. The minimum Gasteiger partial charge on any atom is -0.497 e. The van der Waals surface area contributed by atoms with Crippen molar-refractivity contribution >= 4 is 5.69 Å². The molecule has 0 radical (unpaired) electrons. The average molecular weight is 196 g/mol. The van der Waals surface area contributed by atoms with Gasteiger partial charge in [-0.05, 0) is 25.1 Å². The van der Waals surface area contributed by atoms with Gasteiger partial charge in [-0.3, -0.25) is 0 Å². The van der Waals surface area contributed by atoms with Gasteiger partial charge in [-0.25, -0.2) is 0 Å². The van der Waals surface area contributed by atoms with Gasteiger partial charge in [0.05, 0.1) is 13.2 Å². The van der Waals surface area contributed by atoms with E-state index in [-0.39, 0.29) is 6.04 Å². The molecular weight excluding hydrogens is 180 g/mol. The van der Waals surface area contributed by atoms with E-state index in [2.05, 4.69) is 0 Å². The highest BCUT2D eigenvalue weighted by Gasteiger charge is 2.15. The molecule has 0 bridgehead atoms. The summed E-state index contributed by atoms with van der Waals surface area (Å²) in [5.41, 5.74) is 12.4. The number of anilines is 1. The fraction of sp³-hybridized carbons (Fsp3) is 0.400. The van der Waals surface area contributed by atoms with E-state index < -0.39 is 6.10 Å². The summed E-state index contributed by atoms with van der Waals surface area (Å²) in [4.78, 5) is 0. The lowest BCUT2D eigenvalue weighted by molar-refractivity contribution is 0.154. The SMILES string of the molecule is COc1ccc(N)c(C(O)C(C)N)c1. The molecule has 5 N–H and O–H groups in total. The molecule has 0 aliphatic carbocycles. The third-order valence-corrected chi connectivity index (χ3v) is 2.11. The van der Waals surface area contributed by atoms with Crippen molar-refractivity contribution in [2.45, 2.75) is 19.1 Å². The highest BCUT2D eigenvalue weighted by Crippen LogP contribution is 2.26. The van der Waals surface area contributed by atoms with Gasteiger partial charge in [-0.1, -0.05) is 0 Å². The van der Waals surface area contributed by atoms with Crippen molar-refractivity contribution in [3.63, 3.8) is 0 Å². The third kappa shape index (κ3) is 2.16. The van der Waals surface area contributed by atoms with Crippen molar-refractivity contribution in [3.8, 4) is 5.75 Å². The fourth-order valence-corrected chi connectivity index (χ4v) is 1.22. The first-order chi connectivity index (χ1) is 6.56.